The van der Waals surface area contributed by atoms with Crippen molar-refractivity contribution in [3.63, 3.8) is 0 Å². The molecule has 3 aromatic rings. The standard InChI is InChI=1S/C11H6N2O3/c14-13(15)8-2-3-9-7(5-8)1-4-10-11(9)12-6-16-10/h1-6H. The van der Waals surface area contributed by atoms with Crippen molar-refractivity contribution in [2.75, 3.05) is 0 Å². The van der Waals surface area contributed by atoms with Gasteiger partial charge in [-0.25, -0.2) is 4.98 Å². The molecular formula is C11H6N2O3. The first-order valence-corrected chi connectivity index (χ1v) is 4.66. The van der Waals surface area contributed by atoms with Gasteiger partial charge in [-0.1, -0.05) is 6.07 Å². The smallest absolute Gasteiger partial charge is 0.270 e. The van der Waals surface area contributed by atoms with Crippen LogP contribution < -0.4 is 0 Å². The van der Waals surface area contributed by atoms with Crippen molar-refractivity contribution in [2.45, 2.75) is 0 Å². The first-order chi connectivity index (χ1) is 7.75. The van der Waals surface area contributed by atoms with E-state index in [9.17, 15) is 10.1 Å². The molecule has 0 N–H and O–H groups in total. The normalized spacial score (nSPS) is 11.0. The fourth-order valence-corrected chi connectivity index (χ4v) is 1.76. The Bertz CT molecular complexity index is 703. The van der Waals surface area contributed by atoms with E-state index in [0.717, 1.165) is 16.3 Å². The maximum absolute atomic E-state index is 10.6. The van der Waals surface area contributed by atoms with Gasteiger partial charge in [-0.3, -0.25) is 10.1 Å². The van der Waals surface area contributed by atoms with Crippen LogP contribution in [0.15, 0.2) is 41.1 Å². The van der Waals surface area contributed by atoms with Gasteiger partial charge in [-0.15, -0.1) is 0 Å². The molecule has 0 aliphatic carbocycles. The summed E-state index contributed by atoms with van der Waals surface area (Å²) >= 11 is 0. The van der Waals surface area contributed by atoms with Gasteiger partial charge in [-0.2, -0.15) is 0 Å². The zero-order valence-electron chi connectivity index (χ0n) is 8.08. The van der Waals surface area contributed by atoms with Crippen molar-refractivity contribution in [3.05, 3.63) is 46.8 Å². The minimum Gasteiger partial charge on any atom is -0.443 e. The number of nitro groups is 1. The van der Waals surface area contributed by atoms with Crippen molar-refractivity contribution in [2.24, 2.45) is 0 Å². The third-order valence-electron chi connectivity index (χ3n) is 2.51. The largest absolute Gasteiger partial charge is 0.443 e. The van der Waals surface area contributed by atoms with E-state index in [4.69, 9.17) is 4.42 Å². The van der Waals surface area contributed by atoms with Crippen molar-refractivity contribution in [1.29, 1.82) is 0 Å². The number of oxazole rings is 1. The number of fused-ring (bicyclic) bond motifs is 3. The number of nitrogens with zero attached hydrogens (tertiary/aromatic N) is 2. The molecular weight excluding hydrogens is 208 g/mol. The Hall–Kier alpha value is -2.43. The van der Waals surface area contributed by atoms with E-state index in [1.165, 1.54) is 18.5 Å². The number of hydrogen-bond acceptors (Lipinski definition) is 4. The van der Waals surface area contributed by atoms with Gasteiger partial charge in [0.1, 0.15) is 5.52 Å². The molecule has 0 spiro atoms. The highest BCUT2D eigenvalue weighted by atomic mass is 16.6. The van der Waals surface area contributed by atoms with Crippen LogP contribution in [-0.4, -0.2) is 9.91 Å². The number of benzene rings is 2. The molecule has 5 heteroatoms. The summed E-state index contributed by atoms with van der Waals surface area (Å²) in [5.74, 6) is 0. The monoisotopic (exact) mass is 214 g/mol. The lowest BCUT2D eigenvalue weighted by Gasteiger charge is -1.97. The van der Waals surface area contributed by atoms with Gasteiger partial charge in [0.15, 0.2) is 12.0 Å². The van der Waals surface area contributed by atoms with E-state index >= 15 is 0 Å². The fourth-order valence-electron chi connectivity index (χ4n) is 1.76. The Kier molecular flexibility index (Phi) is 1.67. The van der Waals surface area contributed by atoms with Crippen molar-refractivity contribution < 1.29 is 9.34 Å². The van der Waals surface area contributed by atoms with Crippen LogP contribution in [0.3, 0.4) is 0 Å². The third-order valence-corrected chi connectivity index (χ3v) is 2.51. The van der Waals surface area contributed by atoms with Gasteiger partial charge in [0.2, 0.25) is 0 Å². The Morgan fingerprint density at radius 2 is 2.12 bits per heavy atom. The Labute approximate surface area is 89.5 Å². The summed E-state index contributed by atoms with van der Waals surface area (Å²) in [7, 11) is 0. The van der Waals surface area contributed by atoms with Gasteiger partial charge in [0, 0.05) is 17.5 Å². The SMILES string of the molecule is O=[N+]([O-])c1ccc2c(ccc3ocnc32)c1. The average molecular weight is 214 g/mol. The molecule has 0 unspecified atom stereocenters. The van der Waals surface area contributed by atoms with E-state index in [0.29, 0.717) is 5.58 Å². The molecule has 1 aromatic heterocycles. The maximum atomic E-state index is 10.6. The molecule has 16 heavy (non-hydrogen) atoms. The second-order valence-electron chi connectivity index (χ2n) is 3.43. The van der Waals surface area contributed by atoms with Gasteiger partial charge < -0.3 is 4.42 Å². The van der Waals surface area contributed by atoms with E-state index in [1.807, 2.05) is 0 Å². The Balaban J connectivity index is 2.41. The van der Waals surface area contributed by atoms with Gasteiger partial charge >= 0.3 is 0 Å². The summed E-state index contributed by atoms with van der Waals surface area (Å²) in [6, 6.07) is 8.24. The van der Waals surface area contributed by atoms with Crippen LogP contribution in [-0.2, 0) is 0 Å². The van der Waals surface area contributed by atoms with E-state index in [-0.39, 0.29) is 5.69 Å². The molecule has 0 saturated carbocycles. The number of aromatic nitrogens is 1. The first kappa shape index (κ1) is 8.84. The highest BCUT2D eigenvalue weighted by Gasteiger charge is 2.09. The van der Waals surface area contributed by atoms with Gasteiger partial charge in [-0.05, 0) is 17.5 Å². The zero-order chi connectivity index (χ0) is 11.1. The molecule has 0 bridgehead atoms. The summed E-state index contributed by atoms with van der Waals surface area (Å²) in [4.78, 5) is 14.3. The number of nitro benzene ring substituents is 1. The summed E-state index contributed by atoms with van der Waals surface area (Å²) in [6.07, 6.45) is 1.37. The summed E-state index contributed by atoms with van der Waals surface area (Å²) in [6.45, 7) is 0. The van der Waals surface area contributed by atoms with Crippen LogP contribution in [0.1, 0.15) is 0 Å². The van der Waals surface area contributed by atoms with Crippen LogP contribution in [0.4, 0.5) is 5.69 Å². The predicted molar refractivity (Wildman–Crippen MR) is 58.2 cm³/mol. The lowest BCUT2D eigenvalue weighted by atomic mass is 10.1. The van der Waals surface area contributed by atoms with E-state index < -0.39 is 4.92 Å². The minimum atomic E-state index is -0.410. The number of hydrogen-bond donors (Lipinski definition) is 0. The quantitative estimate of drug-likeness (QED) is 0.461. The van der Waals surface area contributed by atoms with Gasteiger partial charge in [0.05, 0.1) is 4.92 Å². The van der Waals surface area contributed by atoms with E-state index in [2.05, 4.69) is 4.98 Å². The molecule has 0 aliphatic heterocycles. The molecule has 0 radical (unpaired) electrons. The summed E-state index contributed by atoms with van der Waals surface area (Å²) < 4.78 is 5.16. The molecule has 2 aromatic carbocycles. The highest BCUT2D eigenvalue weighted by Crippen LogP contribution is 2.27. The second-order valence-corrected chi connectivity index (χ2v) is 3.43. The van der Waals surface area contributed by atoms with Crippen LogP contribution in [0.25, 0.3) is 21.9 Å². The molecule has 0 saturated heterocycles. The lowest BCUT2D eigenvalue weighted by molar-refractivity contribution is -0.384. The molecule has 0 aliphatic rings. The molecule has 78 valence electrons. The van der Waals surface area contributed by atoms with Gasteiger partial charge in [0.25, 0.3) is 5.69 Å². The topological polar surface area (TPSA) is 69.2 Å². The lowest BCUT2D eigenvalue weighted by Crippen LogP contribution is -1.87. The third kappa shape index (κ3) is 1.15. The van der Waals surface area contributed by atoms with Crippen LogP contribution in [0.5, 0.6) is 0 Å². The molecule has 0 fully saturated rings. The molecule has 0 amide bonds. The Morgan fingerprint density at radius 3 is 2.94 bits per heavy atom. The molecule has 0 atom stereocenters. The fraction of sp³-hybridized carbons (Fsp3) is 0. The molecule has 5 nitrogen and oxygen atoms in total. The zero-order valence-corrected chi connectivity index (χ0v) is 8.08. The number of rotatable bonds is 1. The van der Waals surface area contributed by atoms with Crippen LogP contribution in [0.2, 0.25) is 0 Å². The van der Waals surface area contributed by atoms with Crippen molar-refractivity contribution >= 4 is 27.6 Å². The first-order valence-electron chi connectivity index (χ1n) is 4.66. The van der Waals surface area contributed by atoms with Crippen LogP contribution in [0, 0.1) is 10.1 Å². The van der Waals surface area contributed by atoms with Crippen LogP contribution >= 0.6 is 0 Å². The van der Waals surface area contributed by atoms with E-state index in [1.54, 1.807) is 18.2 Å². The molecule has 3 rings (SSSR count). The minimum absolute atomic E-state index is 0.0790. The summed E-state index contributed by atoms with van der Waals surface area (Å²) in [5.41, 5.74) is 1.49. The Morgan fingerprint density at radius 1 is 1.25 bits per heavy atom. The summed E-state index contributed by atoms with van der Waals surface area (Å²) in [5, 5.41) is 12.3. The maximum Gasteiger partial charge on any atom is 0.270 e. The molecule has 1 heterocycles. The predicted octanol–water partition coefficient (Wildman–Crippen LogP) is 2.89. The number of non-ortho nitro benzene ring substituents is 1. The highest BCUT2D eigenvalue weighted by molar-refractivity contribution is 6.03. The van der Waals surface area contributed by atoms with Crippen molar-refractivity contribution in [1.82, 2.24) is 4.98 Å². The average Bonchev–Trinajstić information content (AvgIpc) is 2.76. The second kappa shape index (κ2) is 3.03. The van der Waals surface area contributed by atoms with Crippen molar-refractivity contribution in [3.8, 4) is 0 Å².